The van der Waals surface area contributed by atoms with Gasteiger partial charge in [-0.25, -0.2) is 12.7 Å². The van der Waals surface area contributed by atoms with Crippen molar-refractivity contribution in [2.75, 3.05) is 39.1 Å². The van der Waals surface area contributed by atoms with Crippen molar-refractivity contribution >= 4 is 16.0 Å². The number of rotatable bonds is 6. The maximum absolute atomic E-state index is 12.1. The van der Waals surface area contributed by atoms with Gasteiger partial charge in [-0.05, 0) is 32.2 Å². The summed E-state index contributed by atoms with van der Waals surface area (Å²) in [7, 11) is -1.76. The van der Waals surface area contributed by atoms with E-state index < -0.39 is 22.0 Å². The largest absolute Gasteiger partial charge is 0.480 e. The Hall–Kier alpha value is -0.700. The Morgan fingerprint density at radius 1 is 1.24 bits per heavy atom. The minimum absolute atomic E-state index is 0.00956. The highest BCUT2D eigenvalue weighted by Crippen LogP contribution is 2.27. The number of nitrogens with zero attached hydrogens (tertiary/aromatic N) is 2. The highest BCUT2D eigenvalue weighted by molar-refractivity contribution is 7.89. The van der Waals surface area contributed by atoms with Crippen LogP contribution in [0.25, 0.3) is 0 Å². The number of carbonyl (C=O) groups is 1. The average Bonchev–Trinajstić information content (AvgIpc) is 2.95. The van der Waals surface area contributed by atoms with Crippen molar-refractivity contribution in [2.45, 2.75) is 37.8 Å². The number of hydrogen-bond acceptors (Lipinski definition) is 5. The van der Waals surface area contributed by atoms with E-state index in [0.29, 0.717) is 32.4 Å². The fourth-order valence-corrected chi connectivity index (χ4v) is 4.66. The molecule has 1 N–H and O–H groups in total. The van der Waals surface area contributed by atoms with Crippen LogP contribution in [0.3, 0.4) is 0 Å². The molecule has 0 aliphatic carbocycles. The van der Waals surface area contributed by atoms with Crippen LogP contribution in [0.2, 0.25) is 0 Å². The third-order valence-electron chi connectivity index (χ3n) is 4.41. The van der Waals surface area contributed by atoms with Crippen molar-refractivity contribution in [2.24, 2.45) is 0 Å². The van der Waals surface area contributed by atoms with E-state index in [1.807, 2.05) is 4.90 Å². The van der Waals surface area contributed by atoms with Crippen molar-refractivity contribution in [1.82, 2.24) is 9.21 Å². The monoisotopic (exact) mass is 320 g/mol. The SMILES string of the molecule is COCCS(=O)(=O)N1CCC(N2CCCC2C(=O)O)CC1. The number of carboxylic acid groups (broad SMARTS) is 1. The maximum Gasteiger partial charge on any atom is 0.320 e. The van der Waals surface area contributed by atoms with E-state index in [-0.39, 0.29) is 18.4 Å². The predicted molar refractivity (Wildman–Crippen MR) is 77.6 cm³/mol. The third kappa shape index (κ3) is 3.94. The summed E-state index contributed by atoms with van der Waals surface area (Å²) in [6.07, 6.45) is 3.01. The molecule has 2 aliphatic rings. The molecule has 0 aromatic heterocycles. The van der Waals surface area contributed by atoms with Crippen LogP contribution >= 0.6 is 0 Å². The number of aliphatic carboxylic acids is 1. The number of ether oxygens (including phenoxy) is 1. The molecule has 7 nitrogen and oxygen atoms in total. The smallest absolute Gasteiger partial charge is 0.320 e. The van der Waals surface area contributed by atoms with Crippen LogP contribution in [0.4, 0.5) is 0 Å². The van der Waals surface area contributed by atoms with Crippen molar-refractivity contribution in [3.8, 4) is 0 Å². The van der Waals surface area contributed by atoms with Crippen LogP contribution in [-0.4, -0.2) is 79.9 Å². The zero-order valence-electron chi connectivity index (χ0n) is 12.4. The zero-order chi connectivity index (χ0) is 15.5. The summed E-state index contributed by atoms with van der Waals surface area (Å²) in [5.41, 5.74) is 0. The topological polar surface area (TPSA) is 87.2 Å². The molecule has 21 heavy (non-hydrogen) atoms. The van der Waals surface area contributed by atoms with Gasteiger partial charge >= 0.3 is 5.97 Å². The Kier molecular flexibility index (Phi) is 5.59. The summed E-state index contributed by atoms with van der Waals surface area (Å²) < 4.78 is 30.5. The first kappa shape index (κ1) is 16.7. The van der Waals surface area contributed by atoms with E-state index in [4.69, 9.17) is 4.74 Å². The van der Waals surface area contributed by atoms with Gasteiger partial charge in [0, 0.05) is 26.2 Å². The van der Waals surface area contributed by atoms with Gasteiger partial charge in [0.05, 0.1) is 12.4 Å². The van der Waals surface area contributed by atoms with Crippen LogP contribution in [0.5, 0.6) is 0 Å². The van der Waals surface area contributed by atoms with Crippen LogP contribution in [0.15, 0.2) is 0 Å². The highest BCUT2D eigenvalue weighted by Gasteiger charge is 2.38. The second-order valence-corrected chi connectivity index (χ2v) is 7.76. The zero-order valence-corrected chi connectivity index (χ0v) is 13.2. The third-order valence-corrected chi connectivity index (χ3v) is 6.25. The quantitative estimate of drug-likeness (QED) is 0.740. The summed E-state index contributed by atoms with van der Waals surface area (Å²) in [6.45, 7) is 1.95. The molecule has 0 saturated carbocycles. The van der Waals surface area contributed by atoms with E-state index in [1.54, 1.807) is 0 Å². The molecule has 0 aromatic rings. The molecule has 0 spiro atoms. The summed E-state index contributed by atoms with van der Waals surface area (Å²) in [5, 5.41) is 9.23. The molecule has 0 bridgehead atoms. The highest BCUT2D eigenvalue weighted by atomic mass is 32.2. The van der Waals surface area contributed by atoms with Gasteiger partial charge in [0.1, 0.15) is 6.04 Å². The number of carboxylic acids is 1. The fourth-order valence-electron chi connectivity index (χ4n) is 3.26. The molecule has 2 fully saturated rings. The standard InChI is InChI=1S/C13H24N2O5S/c1-20-9-10-21(18,19)14-7-4-11(5-8-14)15-6-2-3-12(15)13(16)17/h11-12H,2-10H2,1H3,(H,16,17). The number of methoxy groups -OCH3 is 1. The van der Waals surface area contributed by atoms with Crippen LogP contribution < -0.4 is 0 Å². The van der Waals surface area contributed by atoms with Gasteiger partial charge in [-0.15, -0.1) is 0 Å². The van der Waals surface area contributed by atoms with Gasteiger partial charge in [0.2, 0.25) is 10.0 Å². The molecule has 2 rings (SSSR count). The molecule has 2 heterocycles. The summed E-state index contributed by atoms with van der Waals surface area (Å²) in [6, 6.07) is -0.214. The van der Waals surface area contributed by atoms with E-state index in [1.165, 1.54) is 11.4 Å². The summed E-state index contributed by atoms with van der Waals surface area (Å²) in [4.78, 5) is 13.3. The Balaban J connectivity index is 1.90. The van der Waals surface area contributed by atoms with Gasteiger partial charge in [-0.1, -0.05) is 0 Å². The van der Waals surface area contributed by atoms with Crippen LogP contribution in [-0.2, 0) is 19.6 Å². The molecule has 0 radical (unpaired) electrons. The first-order valence-electron chi connectivity index (χ1n) is 7.41. The Bertz CT molecular complexity index is 459. The van der Waals surface area contributed by atoms with Crippen molar-refractivity contribution in [1.29, 1.82) is 0 Å². The average molecular weight is 320 g/mol. The van der Waals surface area contributed by atoms with Crippen molar-refractivity contribution < 1.29 is 23.1 Å². The first-order chi connectivity index (χ1) is 9.95. The lowest BCUT2D eigenvalue weighted by Crippen LogP contribution is -2.50. The molecule has 122 valence electrons. The molecule has 1 atom stereocenters. The number of hydrogen-bond donors (Lipinski definition) is 1. The summed E-state index contributed by atoms with van der Waals surface area (Å²) >= 11 is 0. The van der Waals surface area contributed by atoms with Crippen LogP contribution in [0, 0.1) is 0 Å². The molecular formula is C13H24N2O5S. The maximum atomic E-state index is 12.1. The van der Waals surface area contributed by atoms with E-state index in [9.17, 15) is 18.3 Å². The Morgan fingerprint density at radius 2 is 1.90 bits per heavy atom. The second kappa shape index (κ2) is 7.04. The van der Waals surface area contributed by atoms with Gasteiger partial charge < -0.3 is 9.84 Å². The number of piperidine rings is 1. The van der Waals surface area contributed by atoms with Crippen molar-refractivity contribution in [3.63, 3.8) is 0 Å². The summed E-state index contributed by atoms with van der Waals surface area (Å²) in [5.74, 6) is -0.752. The molecule has 8 heteroatoms. The lowest BCUT2D eigenvalue weighted by Gasteiger charge is -2.37. The molecular weight excluding hydrogens is 296 g/mol. The first-order valence-corrected chi connectivity index (χ1v) is 9.02. The molecule has 2 aliphatic heterocycles. The van der Waals surface area contributed by atoms with Gasteiger partial charge in [-0.2, -0.15) is 0 Å². The van der Waals surface area contributed by atoms with Crippen LogP contribution in [0.1, 0.15) is 25.7 Å². The molecule has 2 saturated heterocycles. The molecule has 1 unspecified atom stereocenters. The van der Waals surface area contributed by atoms with E-state index >= 15 is 0 Å². The molecule has 0 amide bonds. The normalized spacial score (nSPS) is 26.2. The van der Waals surface area contributed by atoms with E-state index in [0.717, 1.165) is 13.0 Å². The Labute approximate surface area is 125 Å². The van der Waals surface area contributed by atoms with Gasteiger partial charge in [-0.3, -0.25) is 9.69 Å². The predicted octanol–water partition coefficient (Wildman–Crippen LogP) is -0.0240. The minimum Gasteiger partial charge on any atom is -0.480 e. The second-order valence-electron chi connectivity index (χ2n) is 5.67. The van der Waals surface area contributed by atoms with Gasteiger partial charge in [0.25, 0.3) is 0 Å². The lowest BCUT2D eigenvalue weighted by molar-refractivity contribution is -0.143. The number of likely N-dealkylation sites (tertiary alicyclic amines) is 1. The van der Waals surface area contributed by atoms with Crippen molar-refractivity contribution in [3.05, 3.63) is 0 Å². The minimum atomic E-state index is -3.25. The lowest BCUT2D eigenvalue weighted by atomic mass is 10.0. The van der Waals surface area contributed by atoms with Gasteiger partial charge in [0.15, 0.2) is 0 Å². The molecule has 0 aromatic carbocycles. The Morgan fingerprint density at radius 3 is 2.48 bits per heavy atom. The fraction of sp³-hybridized carbons (Fsp3) is 0.923. The van der Waals surface area contributed by atoms with E-state index in [2.05, 4.69) is 0 Å². The number of sulfonamides is 1.